The summed E-state index contributed by atoms with van der Waals surface area (Å²) in [6.45, 7) is 2.72. The van der Waals surface area contributed by atoms with Crippen LogP contribution in [0.25, 0.3) is 0 Å². The molecule has 0 spiro atoms. The molecule has 2 rings (SSSR count). The zero-order valence-corrected chi connectivity index (χ0v) is 8.76. The molecule has 1 saturated heterocycles. The Hall–Kier alpha value is -1.13. The van der Waals surface area contributed by atoms with Gasteiger partial charge in [-0.25, -0.2) is 4.98 Å². The summed E-state index contributed by atoms with van der Waals surface area (Å²) < 4.78 is 0. The molecule has 0 atom stereocenters. The van der Waals surface area contributed by atoms with E-state index in [2.05, 4.69) is 9.88 Å². The molecule has 1 aromatic heterocycles. The van der Waals surface area contributed by atoms with Crippen molar-refractivity contribution in [3.8, 4) is 0 Å². The van der Waals surface area contributed by atoms with Gasteiger partial charge < -0.3 is 10.8 Å². The molecule has 15 heavy (non-hydrogen) atoms. The number of rotatable bonds is 2. The minimum absolute atomic E-state index is 0.118. The van der Waals surface area contributed by atoms with Gasteiger partial charge in [-0.15, -0.1) is 0 Å². The SMILES string of the molecule is Nc1ncccc1CN1CCC(O)CC1. The molecule has 1 fully saturated rings. The van der Waals surface area contributed by atoms with Crippen LogP contribution in [0, 0.1) is 0 Å². The Labute approximate surface area is 89.7 Å². The molecule has 0 bridgehead atoms. The van der Waals surface area contributed by atoms with Gasteiger partial charge in [-0.05, 0) is 18.9 Å². The first-order valence-corrected chi connectivity index (χ1v) is 5.35. The van der Waals surface area contributed by atoms with E-state index in [4.69, 9.17) is 5.73 Å². The lowest BCUT2D eigenvalue weighted by Crippen LogP contribution is -2.35. The molecule has 0 radical (unpaired) electrons. The van der Waals surface area contributed by atoms with Crippen LogP contribution in [0.1, 0.15) is 18.4 Å². The van der Waals surface area contributed by atoms with Crippen LogP contribution in [0.15, 0.2) is 18.3 Å². The summed E-state index contributed by atoms with van der Waals surface area (Å²) in [5.41, 5.74) is 6.86. The molecule has 2 heterocycles. The lowest BCUT2D eigenvalue weighted by atomic mass is 10.1. The van der Waals surface area contributed by atoms with Crippen LogP contribution in [-0.4, -0.2) is 34.2 Å². The first kappa shape index (κ1) is 10.4. The molecule has 0 unspecified atom stereocenters. The summed E-state index contributed by atoms with van der Waals surface area (Å²) in [5.74, 6) is 0.614. The highest BCUT2D eigenvalue weighted by molar-refractivity contribution is 5.38. The van der Waals surface area contributed by atoms with E-state index < -0.39 is 0 Å². The van der Waals surface area contributed by atoms with Gasteiger partial charge in [-0.1, -0.05) is 6.07 Å². The first-order chi connectivity index (χ1) is 7.25. The molecule has 1 aliphatic rings. The van der Waals surface area contributed by atoms with E-state index in [-0.39, 0.29) is 6.10 Å². The molecule has 82 valence electrons. The third-order valence-electron chi connectivity index (χ3n) is 2.88. The first-order valence-electron chi connectivity index (χ1n) is 5.35. The second kappa shape index (κ2) is 4.59. The second-order valence-corrected chi connectivity index (χ2v) is 4.06. The topological polar surface area (TPSA) is 62.4 Å². The largest absolute Gasteiger partial charge is 0.393 e. The third-order valence-corrected chi connectivity index (χ3v) is 2.88. The number of hydrogen-bond donors (Lipinski definition) is 2. The average molecular weight is 207 g/mol. The van der Waals surface area contributed by atoms with Crippen LogP contribution in [0.5, 0.6) is 0 Å². The van der Waals surface area contributed by atoms with Gasteiger partial charge in [0.05, 0.1) is 6.10 Å². The quantitative estimate of drug-likeness (QED) is 0.746. The summed E-state index contributed by atoms with van der Waals surface area (Å²) >= 11 is 0. The van der Waals surface area contributed by atoms with Gasteiger partial charge >= 0.3 is 0 Å². The molecule has 4 nitrogen and oxygen atoms in total. The predicted molar refractivity (Wildman–Crippen MR) is 59.2 cm³/mol. The van der Waals surface area contributed by atoms with Crippen molar-refractivity contribution in [2.75, 3.05) is 18.8 Å². The summed E-state index contributed by atoms with van der Waals surface area (Å²) in [5, 5.41) is 9.38. The molecule has 0 amide bonds. The van der Waals surface area contributed by atoms with E-state index >= 15 is 0 Å². The van der Waals surface area contributed by atoms with Crippen LogP contribution in [0.3, 0.4) is 0 Å². The Kier molecular flexibility index (Phi) is 3.18. The molecule has 0 aliphatic carbocycles. The molecular weight excluding hydrogens is 190 g/mol. The maximum atomic E-state index is 9.38. The van der Waals surface area contributed by atoms with Crippen molar-refractivity contribution in [1.29, 1.82) is 0 Å². The summed E-state index contributed by atoms with van der Waals surface area (Å²) in [6, 6.07) is 3.91. The number of nitrogen functional groups attached to an aromatic ring is 1. The minimum Gasteiger partial charge on any atom is -0.393 e. The Bertz CT molecular complexity index is 321. The number of pyridine rings is 1. The smallest absolute Gasteiger partial charge is 0.127 e. The number of piperidine rings is 1. The second-order valence-electron chi connectivity index (χ2n) is 4.06. The lowest BCUT2D eigenvalue weighted by molar-refractivity contribution is 0.0793. The highest BCUT2D eigenvalue weighted by atomic mass is 16.3. The maximum absolute atomic E-state index is 9.38. The highest BCUT2D eigenvalue weighted by Gasteiger charge is 2.17. The van der Waals surface area contributed by atoms with Crippen molar-refractivity contribution in [3.05, 3.63) is 23.9 Å². The van der Waals surface area contributed by atoms with E-state index in [0.29, 0.717) is 5.82 Å². The van der Waals surface area contributed by atoms with E-state index in [1.807, 2.05) is 12.1 Å². The number of likely N-dealkylation sites (tertiary alicyclic amines) is 1. The van der Waals surface area contributed by atoms with E-state index in [1.165, 1.54) is 0 Å². The minimum atomic E-state index is -0.118. The molecule has 0 aromatic carbocycles. The number of anilines is 1. The number of nitrogens with two attached hydrogens (primary N) is 1. The zero-order chi connectivity index (χ0) is 10.7. The molecule has 1 aromatic rings. The molecule has 0 saturated carbocycles. The van der Waals surface area contributed by atoms with Crippen molar-refractivity contribution in [2.45, 2.75) is 25.5 Å². The van der Waals surface area contributed by atoms with Crippen molar-refractivity contribution < 1.29 is 5.11 Å². The van der Waals surface area contributed by atoms with Gasteiger partial charge in [0.2, 0.25) is 0 Å². The Balaban J connectivity index is 1.95. The molecule has 3 N–H and O–H groups in total. The fraction of sp³-hybridized carbons (Fsp3) is 0.545. The molecule has 1 aliphatic heterocycles. The predicted octanol–water partition coefficient (Wildman–Crippen LogP) is 0.620. The Morgan fingerprint density at radius 1 is 1.47 bits per heavy atom. The van der Waals surface area contributed by atoms with Gasteiger partial charge in [0.15, 0.2) is 0 Å². The number of hydrogen-bond acceptors (Lipinski definition) is 4. The van der Waals surface area contributed by atoms with Gasteiger partial charge in [0.1, 0.15) is 5.82 Å². The van der Waals surface area contributed by atoms with Crippen molar-refractivity contribution in [2.24, 2.45) is 0 Å². The highest BCUT2D eigenvalue weighted by Crippen LogP contribution is 2.15. The molecular formula is C11H17N3O. The maximum Gasteiger partial charge on any atom is 0.127 e. The number of nitrogens with zero attached hydrogens (tertiary/aromatic N) is 2. The number of aliphatic hydroxyl groups excluding tert-OH is 1. The summed E-state index contributed by atoms with van der Waals surface area (Å²) in [4.78, 5) is 6.37. The third kappa shape index (κ3) is 2.67. The molecule has 4 heteroatoms. The Morgan fingerprint density at radius 2 is 2.20 bits per heavy atom. The summed E-state index contributed by atoms with van der Waals surface area (Å²) in [6.07, 6.45) is 3.31. The van der Waals surface area contributed by atoms with Crippen LogP contribution in [0.2, 0.25) is 0 Å². The van der Waals surface area contributed by atoms with Crippen molar-refractivity contribution in [3.63, 3.8) is 0 Å². The summed E-state index contributed by atoms with van der Waals surface area (Å²) in [7, 11) is 0. The van der Waals surface area contributed by atoms with Gasteiger partial charge in [0, 0.05) is 31.4 Å². The van der Waals surface area contributed by atoms with Crippen molar-refractivity contribution >= 4 is 5.82 Å². The van der Waals surface area contributed by atoms with E-state index in [1.54, 1.807) is 6.20 Å². The van der Waals surface area contributed by atoms with Gasteiger partial charge in [-0.3, -0.25) is 4.90 Å². The van der Waals surface area contributed by atoms with Crippen LogP contribution in [0.4, 0.5) is 5.82 Å². The fourth-order valence-electron chi connectivity index (χ4n) is 1.90. The standard InChI is InChI=1S/C11H17N3O/c12-11-9(2-1-5-13-11)8-14-6-3-10(15)4-7-14/h1-2,5,10,15H,3-4,6-8H2,(H2,12,13). The van der Waals surface area contributed by atoms with Crippen LogP contribution >= 0.6 is 0 Å². The monoisotopic (exact) mass is 207 g/mol. The van der Waals surface area contributed by atoms with Gasteiger partial charge in [0.25, 0.3) is 0 Å². The number of aromatic nitrogens is 1. The van der Waals surface area contributed by atoms with Crippen molar-refractivity contribution in [1.82, 2.24) is 9.88 Å². The average Bonchev–Trinajstić information content (AvgIpc) is 2.25. The van der Waals surface area contributed by atoms with Crippen LogP contribution in [-0.2, 0) is 6.54 Å². The van der Waals surface area contributed by atoms with E-state index in [9.17, 15) is 5.11 Å². The zero-order valence-electron chi connectivity index (χ0n) is 8.76. The fourth-order valence-corrected chi connectivity index (χ4v) is 1.90. The number of aliphatic hydroxyl groups is 1. The van der Waals surface area contributed by atoms with Crippen LogP contribution < -0.4 is 5.73 Å². The Morgan fingerprint density at radius 3 is 2.87 bits per heavy atom. The van der Waals surface area contributed by atoms with Gasteiger partial charge in [-0.2, -0.15) is 0 Å². The normalized spacial score (nSPS) is 19.3. The lowest BCUT2D eigenvalue weighted by Gasteiger charge is -2.29. The van der Waals surface area contributed by atoms with E-state index in [0.717, 1.165) is 38.0 Å².